The average molecular weight is 342 g/mol. The van der Waals surface area contributed by atoms with Crippen molar-refractivity contribution in [3.8, 4) is 22.6 Å². The first-order valence-electron chi connectivity index (χ1n) is 7.17. The van der Waals surface area contributed by atoms with Crippen LogP contribution in [-0.4, -0.2) is 20.3 Å². The number of fused-ring (bicyclic) bond motifs is 1. The second-order valence-corrected chi connectivity index (χ2v) is 4.80. The molecule has 2 aromatic rings. The van der Waals surface area contributed by atoms with Crippen LogP contribution < -0.4 is 15.2 Å². The van der Waals surface area contributed by atoms with Crippen LogP contribution in [0.15, 0.2) is 36.4 Å². The average Bonchev–Trinajstić information content (AvgIpc) is 2.58. The Morgan fingerprint density at radius 2 is 1.55 bits per heavy atom. The first kappa shape index (κ1) is 18.6. The van der Waals surface area contributed by atoms with E-state index in [1.54, 1.807) is 6.07 Å². The van der Waals surface area contributed by atoms with E-state index in [2.05, 4.69) is 5.73 Å². The summed E-state index contributed by atoms with van der Waals surface area (Å²) < 4.78 is 11.2. The van der Waals surface area contributed by atoms with Gasteiger partial charge in [-0.2, -0.15) is 0 Å². The number of benzene rings is 2. The lowest BCUT2D eigenvalue weighted by molar-refractivity contribution is 0.172. The number of nitrogens with two attached hydrogens (primary N) is 1. The summed E-state index contributed by atoms with van der Waals surface area (Å²) >= 11 is 12.3. The molecule has 120 valence electrons. The van der Waals surface area contributed by atoms with Gasteiger partial charge in [0.15, 0.2) is 11.5 Å². The van der Waals surface area contributed by atoms with E-state index in [-0.39, 0.29) is 0 Å². The van der Waals surface area contributed by atoms with Gasteiger partial charge in [0.2, 0.25) is 0 Å². The molecule has 0 fully saturated rings. The molecule has 0 spiro atoms. The second kappa shape index (κ2) is 9.57. The van der Waals surface area contributed by atoms with E-state index in [0.717, 1.165) is 11.1 Å². The molecule has 5 heteroatoms. The van der Waals surface area contributed by atoms with Crippen molar-refractivity contribution in [2.75, 3.05) is 20.3 Å². The second-order valence-electron chi connectivity index (χ2n) is 3.96. The maximum atomic E-state index is 6.21. The van der Waals surface area contributed by atoms with E-state index >= 15 is 0 Å². The van der Waals surface area contributed by atoms with Crippen LogP contribution in [-0.2, 0) is 0 Å². The van der Waals surface area contributed by atoms with Crippen molar-refractivity contribution in [1.82, 2.24) is 0 Å². The number of halogens is 2. The van der Waals surface area contributed by atoms with Gasteiger partial charge in [-0.05, 0) is 19.2 Å². The molecule has 1 heterocycles. The normalized spacial score (nSPS) is 11.5. The van der Waals surface area contributed by atoms with E-state index in [4.69, 9.17) is 32.7 Å². The monoisotopic (exact) mass is 341 g/mol. The highest BCUT2D eigenvalue weighted by Crippen LogP contribution is 2.44. The summed E-state index contributed by atoms with van der Waals surface area (Å²) in [5.74, 6) is 1.38. The third-order valence-electron chi connectivity index (χ3n) is 2.77. The minimum atomic E-state index is 0.534. The van der Waals surface area contributed by atoms with Gasteiger partial charge in [-0.3, -0.25) is 0 Å². The van der Waals surface area contributed by atoms with Crippen LogP contribution in [0.1, 0.15) is 13.8 Å². The van der Waals surface area contributed by atoms with Gasteiger partial charge in [-0.1, -0.05) is 55.2 Å². The Bertz CT molecular complexity index is 603. The van der Waals surface area contributed by atoms with E-state index in [1.807, 2.05) is 44.2 Å². The largest absolute Gasteiger partial charge is 0.486 e. The third-order valence-corrected chi connectivity index (χ3v) is 3.32. The molecule has 0 bridgehead atoms. The lowest BCUT2D eigenvalue weighted by atomic mass is 10.0. The van der Waals surface area contributed by atoms with Crippen LogP contribution in [0.4, 0.5) is 0 Å². The predicted molar refractivity (Wildman–Crippen MR) is 94.3 cm³/mol. The van der Waals surface area contributed by atoms with Crippen LogP contribution in [0, 0.1) is 0 Å². The SMILES string of the molecule is CC.CN.Clc1cc2c(c(-c3ccccc3Cl)c1)OCCO2. The highest BCUT2D eigenvalue weighted by molar-refractivity contribution is 6.34. The molecule has 0 unspecified atom stereocenters. The van der Waals surface area contributed by atoms with Gasteiger partial charge < -0.3 is 15.2 Å². The standard InChI is InChI=1S/C14H10Cl2O2.C2H6.CH5N/c15-9-7-11(10-3-1-2-4-12(10)16)14-13(8-9)17-5-6-18-14;2*1-2/h1-4,7-8H,5-6H2;1-2H3;2H2,1H3. The quantitative estimate of drug-likeness (QED) is 0.790. The maximum Gasteiger partial charge on any atom is 0.169 e. The molecule has 3 nitrogen and oxygen atoms in total. The van der Waals surface area contributed by atoms with E-state index in [9.17, 15) is 0 Å². The molecule has 3 rings (SSSR count). The summed E-state index contributed by atoms with van der Waals surface area (Å²) in [6, 6.07) is 11.2. The molecule has 0 atom stereocenters. The smallest absolute Gasteiger partial charge is 0.169 e. The number of hydrogen-bond donors (Lipinski definition) is 1. The molecule has 2 N–H and O–H groups in total. The van der Waals surface area contributed by atoms with Gasteiger partial charge in [-0.15, -0.1) is 0 Å². The van der Waals surface area contributed by atoms with Gasteiger partial charge in [0.25, 0.3) is 0 Å². The summed E-state index contributed by atoms with van der Waals surface area (Å²) in [5, 5.41) is 1.27. The van der Waals surface area contributed by atoms with Crippen molar-refractivity contribution in [3.63, 3.8) is 0 Å². The predicted octanol–water partition coefficient (Wildman–Crippen LogP) is 5.03. The first-order valence-corrected chi connectivity index (χ1v) is 7.93. The lowest BCUT2D eigenvalue weighted by Gasteiger charge is -2.22. The highest BCUT2D eigenvalue weighted by Gasteiger charge is 2.19. The molecule has 0 aliphatic carbocycles. The van der Waals surface area contributed by atoms with Crippen molar-refractivity contribution < 1.29 is 9.47 Å². The molecular weight excluding hydrogens is 321 g/mol. The van der Waals surface area contributed by atoms with E-state index in [1.165, 1.54) is 7.05 Å². The van der Waals surface area contributed by atoms with Gasteiger partial charge in [-0.25, -0.2) is 0 Å². The minimum Gasteiger partial charge on any atom is -0.486 e. The summed E-state index contributed by atoms with van der Waals surface area (Å²) in [6.07, 6.45) is 0. The molecule has 0 radical (unpaired) electrons. The lowest BCUT2D eigenvalue weighted by Crippen LogP contribution is -2.16. The molecular formula is C17H21Cl2NO2. The van der Waals surface area contributed by atoms with Crippen molar-refractivity contribution in [2.24, 2.45) is 5.73 Å². The fourth-order valence-electron chi connectivity index (χ4n) is 2.00. The Balaban J connectivity index is 0.000000561. The summed E-state index contributed by atoms with van der Waals surface area (Å²) in [7, 11) is 1.50. The summed E-state index contributed by atoms with van der Waals surface area (Å²) in [5.41, 5.74) is 6.26. The summed E-state index contributed by atoms with van der Waals surface area (Å²) in [6.45, 7) is 5.07. The molecule has 0 aromatic heterocycles. The molecule has 22 heavy (non-hydrogen) atoms. The Morgan fingerprint density at radius 1 is 0.909 bits per heavy atom. The van der Waals surface area contributed by atoms with Crippen LogP contribution >= 0.6 is 23.2 Å². The van der Waals surface area contributed by atoms with Crippen molar-refractivity contribution >= 4 is 23.2 Å². The number of hydrogen-bond acceptors (Lipinski definition) is 3. The van der Waals surface area contributed by atoms with Gasteiger partial charge in [0, 0.05) is 27.2 Å². The van der Waals surface area contributed by atoms with Crippen LogP contribution in [0.2, 0.25) is 10.0 Å². The van der Waals surface area contributed by atoms with Crippen LogP contribution in [0.5, 0.6) is 11.5 Å². The Morgan fingerprint density at radius 3 is 2.23 bits per heavy atom. The maximum absolute atomic E-state index is 6.21. The van der Waals surface area contributed by atoms with E-state index < -0.39 is 0 Å². The first-order chi connectivity index (χ1) is 10.8. The molecule has 0 saturated carbocycles. The molecule has 0 amide bonds. The van der Waals surface area contributed by atoms with Gasteiger partial charge in [0.1, 0.15) is 13.2 Å². The Labute approximate surface area is 141 Å². The van der Waals surface area contributed by atoms with Gasteiger partial charge >= 0.3 is 0 Å². The summed E-state index contributed by atoms with van der Waals surface area (Å²) in [4.78, 5) is 0. The fraction of sp³-hybridized carbons (Fsp3) is 0.294. The van der Waals surface area contributed by atoms with E-state index in [0.29, 0.717) is 34.8 Å². The van der Waals surface area contributed by atoms with Crippen LogP contribution in [0.25, 0.3) is 11.1 Å². The molecule has 2 aromatic carbocycles. The number of rotatable bonds is 1. The zero-order valence-corrected chi connectivity index (χ0v) is 14.5. The Hall–Kier alpha value is -1.42. The minimum absolute atomic E-state index is 0.534. The van der Waals surface area contributed by atoms with Crippen molar-refractivity contribution in [3.05, 3.63) is 46.4 Å². The Kier molecular flexibility index (Phi) is 8.10. The van der Waals surface area contributed by atoms with Crippen molar-refractivity contribution in [2.45, 2.75) is 13.8 Å². The molecule has 1 aliphatic rings. The van der Waals surface area contributed by atoms with Crippen LogP contribution in [0.3, 0.4) is 0 Å². The molecule has 0 saturated heterocycles. The zero-order valence-electron chi connectivity index (χ0n) is 13.0. The zero-order chi connectivity index (χ0) is 16.5. The number of ether oxygens (including phenoxy) is 2. The topological polar surface area (TPSA) is 44.5 Å². The highest BCUT2D eigenvalue weighted by atomic mass is 35.5. The fourth-order valence-corrected chi connectivity index (χ4v) is 2.45. The third kappa shape index (κ3) is 4.29. The van der Waals surface area contributed by atoms with Crippen molar-refractivity contribution in [1.29, 1.82) is 0 Å². The van der Waals surface area contributed by atoms with Gasteiger partial charge in [0.05, 0.1) is 0 Å². The molecule has 1 aliphatic heterocycles.